The number of hydrogen-bond donors (Lipinski definition) is 1. The predicted octanol–water partition coefficient (Wildman–Crippen LogP) is 2.70. The van der Waals surface area contributed by atoms with E-state index in [0.717, 1.165) is 5.56 Å². The molecule has 0 heterocycles. The van der Waals surface area contributed by atoms with Crippen LogP contribution in [0.3, 0.4) is 0 Å². The van der Waals surface area contributed by atoms with Gasteiger partial charge in [0, 0.05) is 6.08 Å². The minimum absolute atomic E-state index is 0.0348. The number of rotatable bonds is 2. The molecule has 14 heavy (non-hydrogen) atoms. The van der Waals surface area contributed by atoms with E-state index >= 15 is 0 Å². The highest BCUT2D eigenvalue weighted by molar-refractivity contribution is 9.10. The van der Waals surface area contributed by atoms with Crippen LogP contribution < -0.4 is 4.74 Å². The highest BCUT2D eigenvalue weighted by Gasteiger charge is 2.08. The number of ether oxygens (including phenoxy) is 1. The number of hydrogen-bond acceptors (Lipinski definition) is 3. The average Bonchev–Trinajstić information content (AvgIpc) is 2.20. The molecule has 0 fully saturated rings. The molecule has 1 aromatic carbocycles. The number of halogens is 1. The fourth-order valence-electron chi connectivity index (χ4n) is 0.983. The molecular formula is C10H8BrNO2. The zero-order valence-electron chi connectivity index (χ0n) is 7.49. The molecule has 0 saturated heterocycles. The second-order valence-corrected chi connectivity index (χ2v) is 3.28. The van der Waals surface area contributed by atoms with Crippen LogP contribution in [0.25, 0.3) is 6.08 Å². The monoisotopic (exact) mass is 253 g/mol. The summed E-state index contributed by atoms with van der Waals surface area (Å²) in [6.07, 6.45) is 2.94. The van der Waals surface area contributed by atoms with Gasteiger partial charge in [0.2, 0.25) is 0 Å². The lowest BCUT2D eigenvalue weighted by Crippen LogP contribution is -1.85. The van der Waals surface area contributed by atoms with Crippen molar-refractivity contribution in [1.29, 1.82) is 5.26 Å². The summed E-state index contributed by atoms with van der Waals surface area (Å²) < 4.78 is 5.43. The maximum atomic E-state index is 9.59. The Labute approximate surface area is 90.4 Å². The van der Waals surface area contributed by atoms with Crippen LogP contribution in [0.5, 0.6) is 11.5 Å². The summed E-state index contributed by atoms with van der Waals surface area (Å²) in [4.78, 5) is 0. The largest absolute Gasteiger partial charge is 0.503 e. The van der Waals surface area contributed by atoms with Crippen LogP contribution >= 0.6 is 15.9 Å². The molecule has 1 N–H and O–H groups in total. The van der Waals surface area contributed by atoms with Gasteiger partial charge in [-0.25, -0.2) is 0 Å². The van der Waals surface area contributed by atoms with Crippen molar-refractivity contribution < 1.29 is 9.84 Å². The highest BCUT2D eigenvalue weighted by atomic mass is 79.9. The van der Waals surface area contributed by atoms with E-state index in [4.69, 9.17) is 10.00 Å². The van der Waals surface area contributed by atoms with Crippen molar-refractivity contribution in [1.82, 2.24) is 0 Å². The molecule has 4 heteroatoms. The summed E-state index contributed by atoms with van der Waals surface area (Å²) in [7, 11) is 1.48. The molecule has 0 radical (unpaired) electrons. The first-order valence-electron chi connectivity index (χ1n) is 3.82. The Morgan fingerprint density at radius 2 is 2.29 bits per heavy atom. The third kappa shape index (κ3) is 2.06. The van der Waals surface area contributed by atoms with E-state index in [-0.39, 0.29) is 5.75 Å². The van der Waals surface area contributed by atoms with Gasteiger partial charge < -0.3 is 9.84 Å². The van der Waals surface area contributed by atoms with Gasteiger partial charge >= 0.3 is 0 Å². The first kappa shape index (κ1) is 10.6. The summed E-state index contributed by atoms with van der Waals surface area (Å²) in [5.74, 6) is 0.429. The lowest BCUT2D eigenvalue weighted by atomic mass is 10.2. The number of methoxy groups -OCH3 is 1. The minimum Gasteiger partial charge on any atom is -0.503 e. The van der Waals surface area contributed by atoms with Gasteiger partial charge in [0.1, 0.15) is 0 Å². The van der Waals surface area contributed by atoms with Gasteiger partial charge in [-0.15, -0.1) is 0 Å². The zero-order chi connectivity index (χ0) is 10.6. The first-order chi connectivity index (χ1) is 6.70. The summed E-state index contributed by atoms with van der Waals surface area (Å²) in [5, 5.41) is 17.9. The van der Waals surface area contributed by atoms with E-state index in [0.29, 0.717) is 10.2 Å². The molecule has 0 bridgehead atoms. The van der Waals surface area contributed by atoms with Crippen LogP contribution in [0.4, 0.5) is 0 Å². The SMILES string of the molecule is COc1ccc(/C=C/C#N)c(Br)c1O. The van der Waals surface area contributed by atoms with Crippen molar-refractivity contribution in [2.75, 3.05) is 7.11 Å². The lowest BCUT2D eigenvalue weighted by Gasteiger charge is -2.06. The van der Waals surface area contributed by atoms with Crippen molar-refractivity contribution in [2.24, 2.45) is 0 Å². The van der Waals surface area contributed by atoms with Crippen LogP contribution in [0.1, 0.15) is 5.56 Å². The Morgan fingerprint density at radius 3 is 2.86 bits per heavy atom. The van der Waals surface area contributed by atoms with Gasteiger partial charge in [-0.2, -0.15) is 5.26 Å². The number of nitrogens with zero attached hydrogens (tertiary/aromatic N) is 1. The number of phenols is 1. The van der Waals surface area contributed by atoms with E-state index in [1.54, 1.807) is 18.2 Å². The first-order valence-corrected chi connectivity index (χ1v) is 4.61. The standard InChI is InChI=1S/C10H8BrNO2/c1-14-8-5-4-7(3-2-6-12)9(11)10(8)13/h2-5,13H,1H3/b3-2+. The summed E-state index contributed by atoms with van der Waals surface area (Å²) >= 11 is 3.21. The topological polar surface area (TPSA) is 53.2 Å². The van der Waals surface area contributed by atoms with E-state index in [1.807, 2.05) is 6.07 Å². The Bertz CT molecular complexity index is 407. The molecule has 0 atom stereocenters. The molecule has 1 aromatic rings. The summed E-state index contributed by atoms with van der Waals surface area (Å²) in [6, 6.07) is 5.26. The van der Waals surface area contributed by atoms with Gasteiger partial charge in [-0.1, -0.05) is 0 Å². The number of nitriles is 1. The van der Waals surface area contributed by atoms with E-state index in [1.165, 1.54) is 13.2 Å². The molecule has 0 aliphatic heterocycles. The molecule has 72 valence electrons. The van der Waals surface area contributed by atoms with E-state index in [2.05, 4.69) is 15.9 Å². The maximum absolute atomic E-state index is 9.59. The minimum atomic E-state index is 0.0348. The van der Waals surface area contributed by atoms with Gasteiger partial charge in [0.05, 0.1) is 17.7 Å². The molecule has 0 aliphatic carbocycles. The second kappa shape index (κ2) is 4.68. The Kier molecular flexibility index (Phi) is 3.55. The molecule has 1 rings (SSSR count). The lowest BCUT2D eigenvalue weighted by molar-refractivity contribution is 0.372. The van der Waals surface area contributed by atoms with Crippen molar-refractivity contribution in [3.05, 3.63) is 28.2 Å². The van der Waals surface area contributed by atoms with Gasteiger partial charge in [-0.3, -0.25) is 0 Å². The van der Waals surface area contributed by atoms with Crippen LogP contribution in [-0.2, 0) is 0 Å². The third-order valence-electron chi connectivity index (χ3n) is 1.67. The van der Waals surface area contributed by atoms with Gasteiger partial charge in [0.25, 0.3) is 0 Å². The fraction of sp³-hybridized carbons (Fsp3) is 0.100. The van der Waals surface area contributed by atoms with Gasteiger partial charge in [-0.05, 0) is 39.7 Å². The smallest absolute Gasteiger partial charge is 0.172 e. The van der Waals surface area contributed by atoms with Crippen molar-refractivity contribution >= 4 is 22.0 Å². The molecule has 0 aliphatic rings. The molecular weight excluding hydrogens is 246 g/mol. The van der Waals surface area contributed by atoms with Crippen molar-refractivity contribution in [2.45, 2.75) is 0 Å². The number of phenolic OH excluding ortho intramolecular Hbond substituents is 1. The molecule has 0 unspecified atom stereocenters. The van der Waals surface area contributed by atoms with Crippen molar-refractivity contribution in [3.8, 4) is 17.6 Å². The summed E-state index contributed by atoms with van der Waals surface area (Å²) in [6.45, 7) is 0. The van der Waals surface area contributed by atoms with Crippen LogP contribution in [0, 0.1) is 11.3 Å². The Balaban J connectivity index is 3.18. The Hall–Kier alpha value is -1.47. The Morgan fingerprint density at radius 1 is 1.57 bits per heavy atom. The van der Waals surface area contributed by atoms with E-state index in [9.17, 15) is 5.11 Å². The zero-order valence-corrected chi connectivity index (χ0v) is 9.08. The van der Waals surface area contributed by atoms with Crippen LogP contribution in [0.15, 0.2) is 22.7 Å². The number of allylic oxidation sites excluding steroid dienone is 1. The van der Waals surface area contributed by atoms with Gasteiger partial charge in [0.15, 0.2) is 11.5 Å². The molecule has 0 saturated carbocycles. The fourth-order valence-corrected chi connectivity index (χ4v) is 1.44. The second-order valence-electron chi connectivity index (χ2n) is 2.48. The average molecular weight is 254 g/mol. The van der Waals surface area contributed by atoms with Crippen LogP contribution in [-0.4, -0.2) is 12.2 Å². The van der Waals surface area contributed by atoms with E-state index < -0.39 is 0 Å². The molecule has 0 aromatic heterocycles. The molecule has 0 amide bonds. The molecule has 3 nitrogen and oxygen atoms in total. The maximum Gasteiger partial charge on any atom is 0.172 e. The normalized spacial score (nSPS) is 10.1. The number of aromatic hydroxyl groups is 1. The van der Waals surface area contributed by atoms with Crippen molar-refractivity contribution in [3.63, 3.8) is 0 Å². The van der Waals surface area contributed by atoms with Crippen LogP contribution in [0.2, 0.25) is 0 Å². The number of benzene rings is 1. The highest BCUT2D eigenvalue weighted by Crippen LogP contribution is 2.36. The third-order valence-corrected chi connectivity index (χ3v) is 2.50. The predicted molar refractivity (Wildman–Crippen MR) is 57.0 cm³/mol. The quantitative estimate of drug-likeness (QED) is 0.825. The summed E-state index contributed by atoms with van der Waals surface area (Å²) in [5.41, 5.74) is 0.727. The molecule has 0 spiro atoms.